The first kappa shape index (κ1) is 17.0. The van der Waals surface area contributed by atoms with Gasteiger partial charge >= 0.3 is 0 Å². The highest BCUT2D eigenvalue weighted by molar-refractivity contribution is 7.98. The van der Waals surface area contributed by atoms with Gasteiger partial charge in [-0.25, -0.2) is 13.1 Å². The largest absolute Gasteiger partial charge is 0.313 e. The Balaban J connectivity index is 2.59. The maximum absolute atomic E-state index is 12.1. The molecule has 0 amide bonds. The van der Waals surface area contributed by atoms with Gasteiger partial charge < -0.3 is 5.32 Å². The molecule has 0 spiro atoms. The van der Waals surface area contributed by atoms with E-state index in [4.69, 9.17) is 0 Å². The molecule has 1 rings (SSSR count). The SMILES string of the molecule is CCNCc1csc(S(=O)(=O)NCC(C)CSC)c1. The van der Waals surface area contributed by atoms with E-state index < -0.39 is 10.0 Å². The second-order valence-corrected chi connectivity index (χ2v) is 8.28. The van der Waals surface area contributed by atoms with Crippen molar-refractivity contribution < 1.29 is 8.42 Å². The minimum Gasteiger partial charge on any atom is -0.313 e. The molecule has 2 N–H and O–H groups in total. The lowest BCUT2D eigenvalue weighted by Crippen LogP contribution is -2.28. The molecule has 0 saturated carbocycles. The molecular formula is C12H22N2O2S3. The van der Waals surface area contributed by atoms with Crippen LogP contribution in [0.3, 0.4) is 0 Å². The Labute approximate surface area is 124 Å². The summed E-state index contributed by atoms with van der Waals surface area (Å²) in [4.78, 5) is 0. The third kappa shape index (κ3) is 5.83. The first-order valence-corrected chi connectivity index (χ1v) is 10.0. The smallest absolute Gasteiger partial charge is 0.250 e. The molecule has 0 aliphatic carbocycles. The maximum atomic E-state index is 12.1. The molecule has 19 heavy (non-hydrogen) atoms. The molecule has 0 radical (unpaired) electrons. The fourth-order valence-corrected chi connectivity index (χ4v) is 4.63. The number of rotatable bonds is 9. The molecular weight excluding hydrogens is 300 g/mol. The molecule has 110 valence electrons. The number of thiophene rings is 1. The highest BCUT2D eigenvalue weighted by Crippen LogP contribution is 2.20. The molecule has 1 unspecified atom stereocenters. The molecule has 1 aromatic heterocycles. The van der Waals surface area contributed by atoms with Crippen LogP contribution in [0, 0.1) is 5.92 Å². The minimum atomic E-state index is -3.35. The molecule has 0 aliphatic rings. The highest BCUT2D eigenvalue weighted by Gasteiger charge is 2.17. The van der Waals surface area contributed by atoms with Crippen molar-refractivity contribution in [1.29, 1.82) is 0 Å². The van der Waals surface area contributed by atoms with Crippen LogP contribution in [0.5, 0.6) is 0 Å². The van der Waals surface area contributed by atoms with Crippen molar-refractivity contribution in [3.63, 3.8) is 0 Å². The van der Waals surface area contributed by atoms with Crippen LogP contribution in [0.15, 0.2) is 15.7 Å². The van der Waals surface area contributed by atoms with Gasteiger partial charge in [0, 0.05) is 13.1 Å². The van der Waals surface area contributed by atoms with Gasteiger partial charge in [0.05, 0.1) is 0 Å². The summed E-state index contributed by atoms with van der Waals surface area (Å²) in [7, 11) is -3.35. The zero-order chi connectivity index (χ0) is 14.3. The van der Waals surface area contributed by atoms with E-state index in [1.165, 1.54) is 11.3 Å². The summed E-state index contributed by atoms with van der Waals surface area (Å²) in [6.45, 7) is 6.15. The second-order valence-electron chi connectivity index (χ2n) is 4.47. The number of nitrogens with one attached hydrogen (secondary N) is 2. The standard InChI is InChI=1S/C12H22N2O2S3/c1-4-13-7-11-5-12(18-9-11)19(15,16)14-6-10(2)8-17-3/h5,9-10,13-14H,4,6-8H2,1-3H3. The van der Waals surface area contributed by atoms with Crippen molar-refractivity contribution >= 4 is 33.1 Å². The van der Waals surface area contributed by atoms with Gasteiger partial charge in [-0.15, -0.1) is 11.3 Å². The van der Waals surface area contributed by atoms with Gasteiger partial charge in [0.25, 0.3) is 0 Å². The van der Waals surface area contributed by atoms with E-state index in [0.717, 1.165) is 17.9 Å². The fraction of sp³-hybridized carbons (Fsp3) is 0.667. The quantitative estimate of drug-likeness (QED) is 0.731. The van der Waals surface area contributed by atoms with E-state index in [1.807, 2.05) is 25.5 Å². The van der Waals surface area contributed by atoms with Crippen LogP contribution in [0.1, 0.15) is 19.4 Å². The summed E-state index contributed by atoms with van der Waals surface area (Å²) in [6.07, 6.45) is 2.03. The molecule has 0 aliphatic heterocycles. The Hall–Kier alpha value is -0.0800. The van der Waals surface area contributed by atoms with Crippen LogP contribution in [0.2, 0.25) is 0 Å². The average molecular weight is 323 g/mol. The summed E-state index contributed by atoms with van der Waals surface area (Å²) < 4.78 is 27.3. The third-order valence-corrected chi connectivity index (χ3v) is 6.36. The van der Waals surface area contributed by atoms with Crippen LogP contribution in [-0.4, -0.2) is 33.5 Å². The summed E-state index contributed by atoms with van der Waals surface area (Å²) in [5, 5.41) is 5.08. The lowest BCUT2D eigenvalue weighted by Gasteiger charge is -2.10. The topological polar surface area (TPSA) is 58.2 Å². The zero-order valence-electron chi connectivity index (χ0n) is 11.6. The van der Waals surface area contributed by atoms with E-state index >= 15 is 0 Å². The summed E-state index contributed by atoms with van der Waals surface area (Å²) in [5.41, 5.74) is 1.02. The van der Waals surface area contributed by atoms with Crippen molar-refractivity contribution in [3.05, 3.63) is 17.0 Å². The van der Waals surface area contributed by atoms with Gasteiger partial charge in [-0.3, -0.25) is 0 Å². The summed E-state index contributed by atoms with van der Waals surface area (Å²) in [5.74, 6) is 1.30. The Morgan fingerprint density at radius 3 is 2.84 bits per heavy atom. The number of hydrogen-bond acceptors (Lipinski definition) is 5. The molecule has 7 heteroatoms. The molecule has 0 fully saturated rings. The van der Waals surface area contributed by atoms with E-state index in [1.54, 1.807) is 17.8 Å². The molecule has 0 saturated heterocycles. The van der Waals surface area contributed by atoms with E-state index in [9.17, 15) is 8.42 Å². The number of thioether (sulfide) groups is 1. The molecule has 4 nitrogen and oxygen atoms in total. The Kier molecular flexibility index (Phi) is 7.38. The normalized spacial score (nSPS) is 13.6. The van der Waals surface area contributed by atoms with Crippen molar-refractivity contribution in [2.24, 2.45) is 5.92 Å². The van der Waals surface area contributed by atoms with Crippen molar-refractivity contribution in [1.82, 2.24) is 10.0 Å². The Bertz CT molecular complexity index is 471. The summed E-state index contributed by atoms with van der Waals surface area (Å²) >= 11 is 3.01. The molecule has 1 aromatic rings. The van der Waals surface area contributed by atoms with Gasteiger partial charge in [0.15, 0.2) is 0 Å². The molecule has 1 heterocycles. The van der Waals surface area contributed by atoms with Crippen LogP contribution >= 0.6 is 23.1 Å². The van der Waals surface area contributed by atoms with Gasteiger partial charge in [-0.05, 0) is 41.5 Å². The Morgan fingerprint density at radius 1 is 1.47 bits per heavy atom. The predicted molar refractivity (Wildman–Crippen MR) is 84.4 cm³/mol. The van der Waals surface area contributed by atoms with E-state index in [2.05, 4.69) is 10.0 Å². The molecule has 0 bridgehead atoms. The monoisotopic (exact) mass is 322 g/mol. The van der Waals surface area contributed by atoms with Gasteiger partial charge in [0.1, 0.15) is 4.21 Å². The maximum Gasteiger partial charge on any atom is 0.250 e. The van der Waals surface area contributed by atoms with E-state index in [-0.39, 0.29) is 0 Å². The lowest BCUT2D eigenvalue weighted by molar-refractivity contribution is 0.564. The average Bonchev–Trinajstić information content (AvgIpc) is 2.84. The van der Waals surface area contributed by atoms with E-state index in [0.29, 0.717) is 23.2 Å². The molecule has 1 atom stereocenters. The lowest BCUT2D eigenvalue weighted by atomic mass is 10.2. The van der Waals surface area contributed by atoms with Gasteiger partial charge in [-0.1, -0.05) is 13.8 Å². The third-order valence-electron chi connectivity index (χ3n) is 2.55. The number of hydrogen-bond donors (Lipinski definition) is 2. The van der Waals surface area contributed by atoms with Crippen molar-refractivity contribution in [2.45, 2.75) is 24.6 Å². The van der Waals surface area contributed by atoms with Crippen LogP contribution in [0.25, 0.3) is 0 Å². The molecule has 0 aromatic carbocycles. The second kappa shape index (κ2) is 8.26. The first-order chi connectivity index (χ1) is 8.99. The van der Waals surface area contributed by atoms with Crippen LogP contribution < -0.4 is 10.0 Å². The van der Waals surface area contributed by atoms with Crippen molar-refractivity contribution in [3.8, 4) is 0 Å². The summed E-state index contributed by atoms with van der Waals surface area (Å²) in [6, 6.07) is 1.74. The van der Waals surface area contributed by atoms with Crippen LogP contribution in [-0.2, 0) is 16.6 Å². The first-order valence-electron chi connectivity index (χ1n) is 6.26. The fourth-order valence-electron chi connectivity index (χ4n) is 1.52. The van der Waals surface area contributed by atoms with Crippen LogP contribution in [0.4, 0.5) is 0 Å². The van der Waals surface area contributed by atoms with Crippen molar-refractivity contribution in [2.75, 3.05) is 25.1 Å². The minimum absolute atomic E-state index is 0.339. The van der Waals surface area contributed by atoms with Gasteiger partial charge in [-0.2, -0.15) is 11.8 Å². The Morgan fingerprint density at radius 2 is 2.21 bits per heavy atom. The number of sulfonamides is 1. The van der Waals surface area contributed by atoms with Gasteiger partial charge in [0.2, 0.25) is 10.0 Å². The highest BCUT2D eigenvalue weighted by atomic mass is 32.2. The zero-order valence-corrected chi connectivity index (χ0v) is 14.1. The predicted octanol–water partition coefficient (Wildman–Crippen LogP) is 2.13.